The number of carbonyl (C=O) groups is 1. The highest BCUT2D eigenvalue weighted by atomic mass is 19.1. The lowest BCUT2D eigenvalue weighted by Gasteiger charge is -2.19. The fourth-order valence-electron chi connectivity index (χ4n) is 2.69. The van der Waals surface area contributed by atoms with Crippen molar-refractivity contribution in [3.05, 3.63) is 30.1 Å². The van der Waals surface area contributed by atoms with Crippen molar-refractivity contribution in [1.29, 1.82) is 0 Å². The molecular formula is C20H29FN6O3. The number of rotatable bonds is 12. The number of aliphatic hydroxyl groups excluding tert-OH is 1. The number of ether oxygens (including phenoxy) is 1. The number of esters is 1. The van der Waals surface area contributed by atoms with Gasteiger partial charge in [-0.05, 0) is 43.4 Å². The molecule has 1 aromatic heterocycles. The van der Waals surface area contributed by atoms with Gasteiger partial charge in [-0.15, -0.1) is 0 Å². The first-order valence-electron chi connectivity index (χ1n) is 9.89. The SMILES string of the molecule is COC(=O)[C@H](CC(C)C)Nc1nc(NCCCCO)nc(Nc2cccc(F)c2)n1. The average Bonchev–Trinajstić information content (AvgIpc) is 2.70. The van der Waals surface area contributed by atoms with Gasteiger partial charge in [-0.1, -0.05) is 19.9 Å². The summed E-state index contributed by atoms with van der Waals surface area (Å²) in [5.41, 5.74) is 0.477. The highest BCUT2D eigenvalue weighted by Gasteiger charge is 2.22. The third kappa shape index (κ3) is 7.78. The Balaban J connectivity index is 2.26. The number of nitrogens with one attached hydrogen (secondary N) is 3. The van der Waals surface area contributed by atoms with Gasteiger partial charge in [0.25, 0.3) is 0 Å². The van der Waals surface area contributed by atoms with Crippen LogP contribution in [0.15, 0.2) is 24.3 Å². The topological polar surface area (TPSA) is 121 Å². The Hall–Kier alpha value is -3.01. The fraction of sp³-hybridized carbons (Fsp3) is 0.500. The van der Waals surface area contributed by atoms with E-state index in [-0.39, 0.29) is 30.4 Å². The second-order valence-electron chi connectivity index (χ2n) is 7.15. The lowest BCUT2D eigenvalue weighted by Crippen LogP contribution is -2.33. The van der Waals surface area contributed by atoms with Crippen molar-refractivity contribution in [2.24, 2.45) is 5.92 Å². The zero-order valence-corrected chi connectivity index (χ0v) is 17.5. The van der Waals surface area contributed by atoms with E-state index in [0.717, 1.165) is 6.42 Å². The van der Waals surface area contributed by atoms with Gasteiger partial charge in [-0.2, -0.15) is 15.0 Å². The zero-order valence-electron chi connectivity index (χ0n) is 17.5. The van der Waals surface area contributed by atoms with Crippen LogP contribution in [0.5, 0.6) is 0 Å². The second-order valence-corrected chi connectivity index (χ2v) is 7.15. The number of anilines is 4. The monoisotopic (exact) mass is 420 g/mol. The standard InChI is InChI=1S/C20H29FN6O3/c1-13(2)11-16(17(29)30-3)24-20-26-18(22-9-4-5-10-28)25-19(27-20)23-15-8-6-7-14(21)12-15/h6-8,12-13,16,28H,4-5,9-11H2,1-3H3,(H3,22,23,24,25,26,27)/t16-/m0/s1. The number of hydrogen-bond acceptors (Lipinski definition) is 9. The van der Waals surface area contributed by atoms with Gasteiger partial charge < -0.3 is 25.8 Å². The second kappa shape index (κ2) is 11.9. The quantitative estimate of drug-likeness (QED) is 0.303. The van der Waals surface area contributed by atoms with Gasteiger partial charge in [0.2, 0.25) is 17.8 Å². The average molecular weight is 420 g/mol. The molecule has 1 atom stereocenters. The number of aliphatic hydroxyl groups is 1. The Kier molecular flexibility index (Phi) is 9.20. The van der Waals surface area contributed by atoms with E-state index in [1.165, 1.54) is 19.2 Å². The molecule has 4 N–H and O–H groups in total. The van der Waals surface area contributed by atoms with Crippen molar-refractivity contribution < 1.29 is 19.0 Å². The number of methoxy groups -OCH3 is 1. The first-order valence-corrected chi connectivity index (χ1v) is 9.89. The van der Waals surface area contributed by atoms with Crippen molar-refractivity contribution in [1.82, 2.24) is 15.0 Å². The van der Waals surface area contributed by atoms with Crippen molar-refractivity contribution in [2.75, 3.05) is 36.2 Å². The molecule has 2 aromatic rings. The molecule has 0 fully saturated rings. The number of halogens is 1. The van der Waals surface area contributed by atoms with Crippen molar-refractivity contribution >= 4 is 29.5 Å². The molecule has 0 saturated heterocycles. The summed E-state index contributed by atoms with van der Waals surface area (Å²) in [6.07, 6.45) is 1.91. The molecule has 10 heteroatoms. The summed E-state index contributed by atoms with van der Waals surface area (Å²) in [5, 5.41) is 17.9. The summed E-state index contributed by atoms with van der Waals surface area (Å²) in [6.45, 7) is 4.65. The Bertz CT molecular complexity index is 821. The minimum absolute atomic E-state index is 0.105. The van der Waals surface area contributed by atoms with Crippen LogP contribution in [-0.4, -0.2) is 52.3 Å². The fourth-order valence-corrected chi connectivity index (χ4v) is 2.69. The van der Waals surface area contributed by atoms with Gasteiger partial charge in [0.15, 0.2) is 0 Å². The third-order valence-corrected chi connectivity index (χ3v) is 4.08. The predicted molar refractivity (Wildman–Crippen MR) is 113 cm³/mol. The first-order chi connectivity index (χ1) is 14.4. The summed E-state index contributed by atoms with van der Waals surface area (Å²) in [5.74, 6) is 0.0982. The molecule has 9 nitrogen and oxygen atoms in total. The summed E-state index contributed by atoms with van der Waals surface area (Å²) in [6, 6.07) is 5.29. The maximum absolute atomic E-state index is 13.5. The molecule has 0 saturated carbocycles. The van der Waals surface area contributed by atoms with Gasteiger partial charge >= 0.3 is 5.97 Å². The lowest BCUT2D eigenvalue weighted by atomic mass is 10.0. The molecule has 0 spiro atoms. The van der Waals surface area contributed by atoms with Gasteiger partial charge in [-0.3, -0.25) is 0 Å². The summed E-state index contributed by atoms with van der Waals surface area (Å²) in [7, 11) is 1.33. The summed E-state index contributed by atoms with van der Waals surface area (Å²) in [4.78, 5) is 25.1. The van der Waals surface area contributed by atoms with Gasteiger partial charge in [0.1, 0.15) is 11.9 Å². The molecule has 2 rings (SSSR count). The van der Waals surface area contributed by atoms with Crippen LogP contribution in [0.25, 0.3) is 0 Å². The molecule has 0 aliphatic rings. The molecule has 1 aromatic carbocycles. The van der Waals surface area contributed by atoms with Crippen LogP contribution in [0, 0.1) is 11.7 Å². The van der Waals surface area contributed by atoms with Crippen molar-refractivity contribution in [3.8, 4) is 0 Å². The van der Waals surface area contributed by atoms with Crippen LogP contribution in [0.4, 0.5) is 27.9 Å². The highest BCUT2D eigenvalue weighted by molar-refractivity contribution is 5.78. The predicted octanol–water partition coefficient (Wildman–Crippen LogP) is 2.94. The van der Waals surface area contributed by atoms with E-state index in [1.54, 1.807) is 12.1 Å². The Morgan fingerprint density at radius 1 is 1.17 bits per heavy atom. The number of aromatic nitrogens is 3. The van der Waals surface area contributed by atoms with E-state index in [2.05, 4.69) is 30.9 Å². The molecule has 1 heterocycles. The molecule has 0 amide bonds. The van der Waals surface area contributed by atoms with E-state index in [4.69, 9.17) is 9.84 Å². The minimum Gasteiger partial charge on any atom is -0.467 e. The number of nitrogens with zero attached hydrogens (tertiary/aromatic N) is 3. The third-order valence-electron chi connectivity index (χ3n) is 4.08. The number of hydrogen-bond donors (Lipinski definition) is 4. The van der Waals surface area contributed by atoms with E-state index in [9.17, 15) is 9.18 Å². The van der Waals surface area contributed by atoms with Crippen molar-refractivity contribution in [2.45, 2.75) is 39.2 Å². The molecule has 0 aliphatic carbocycles. The maximum atomic E-state index is 13.5. The molecular weight excluding hydrogens is 391 g/mol. The van der Waals surface area contributed by atoms with Gasteiger partial charge in [-0.25, -0.2) is 9.18 Å². The lowest BCUT2D eigenvalue weighted by molar-refractivity contribution is -0.141. The molecule has 30 heavy (non-hydrogen) atoms. The van der Waals surface area contributed by atoms with E-state index >= 15 is 0 Å². The Morgan fingerprint density at radius 3 is 2.57 bits per heavy atom. The van der Waals surface area contributed by atoms with Crippen LogP contribution < -0.4 is 16.0 Å². The van der Waals surface area contributed by atoms with Crippen LogP contribution in [0.3, 0.4) is 0 Å². The summed E-state index contributed by atoms with van der Waals surface area (Å²) >= 11 is 0. The molecule has 0 bridgehead atoms. The molecule has 0 radical (unpaired) electrons. The molecule has 164 valence electrons. The minimum atomic E-state index is -0.623. The van der Waals surface area contributed by atoms with E-state index < -0.39 is 17.8 Å². The van der Waals surface area contributed by atoms with Gasteiger partial charge in [0, 0.05) is 18.8 Å². The van der Waals surface area contributed by atoms with Crippen molar-refractivity contribution in [3.63, 3.8) is 0 Å². The number of benzene rings is 1. The Morgan fingerprint density at radius 2 is 1.90 bits per heavy atom. The number of unbranched alkanes of at least 4 members (excludes halogenated alkanes) is 1. The zero-order chi connectivity index (χ0) is 21.9. The van der Waals surface area contributed by atoms with Crippen LogP contribution in [0.1, 0.15) is 33.1 Å². The van der Waals surface area contributed by atoms with Crippen LogP contribution in [-0.2, 0) is 9.53 Å². The summed E-state index contributed by atoms with van der Waals surface area (Å²) < 4.78 is 18.4. The maximum Gasteiger partial charge on any atom is 0.328 e. The van der Waals surface area contributed by atoms with Crippen LogP contribution >= 0.6 is 0 Å². The van der Waals surface area contributed by atoms with E-state index in [0.29, 0.717) is 25.1 Å². The molecule has 0 aliphatic heterocycles. The van der Waals surface area contributed by atoms with Crippen LogP contribution in [0.2, 0.25) is 0 Å². The smallest absolute Gasteiger partial charge is 0.328 e. The molecule has 0 unspecified atom stereocenters. The Labute approximate surface area is 175 Å². The van der Waals surface area contributed by atoms with Gasteiger partial charge in [0.05, 0.1) is 7.11 Å². The highest BCUT2D eigenvalue weighted by Crippen LogP contribution is 2.18. The van der Waals surface area contributed by atoms with E-state index in [1.807, 2.05) is 13.8 Å². The number of carbonyl (C=O) groups excluding carboxylic acids is 1. The largest absolute Gasteiger partial charge is 0.467 e. The normalized spacial score (nSPS) is 11.8. The first kappa shape index (κ1) is 23.3.